The molecule has 2 aromatic rings. The van der Waals surface area contributed by atoms with Gasteiger partial charge >= 0.3 is 0 Å². The highest BCUT2D eigenvalue weighted by Crippen LogP contribution is 2.49. The molecule has 2 fully saturated rings. The second kappa shape index (κ2) is 8.04. The summed E-state index contributed by atoms with van der Waals surface area (Å²) in [5, 5.41) is 11.3. The molecule has 3 nitrogen and oxygen atoms in total. The van der Waals surface area contributed by atoms with Gasteiger partial charge in [0.15, 0.2) is 0 Å². The third-order valence-corrected chi connectivity index (χ3v) is 6.57. The SMILES string of the molecule is O=C(CCc1ccccc1)N1CC[C@@]2(O)CCCC[C@@H]2[C@@H]1c1ccc(F)cc1. The molecule has 1 aliphatic heterocycles. The van der Waals surface area contributed by atoms with Crippen molar-refractivity contribution in [1.82, 2.24) is 4.90 Å². The van der Waals surface area contributed by atoms with Gasteiger partial charge in [-0.05, 0) is 48.9 Å². The van der Waals surface area contributed by atoms with Crippen LogP contribution in [0.25, 0.3) is 0 Å². The Morgan fingerprint density at radius 3 is 2.57 bits per heavy atom. The van der Waals surface area contributed by atoms with Gasteiger partial charge in [-0.15, -0.1) is 0 Å². The monoisotopic (exact) mass is 381 g/mol. The first kappa shape index (κ1) is 19.1. The summed E-state index contributed by atoms with van der Waals surface area (Å²) in [5.41, 5.74) is 1.37. The van der Waals surface area contributed by atoms with Crippen molar-refractivity contribution in [2.24, 2.45) is 5.92 Å². The van der Waals surface area contributed by atoms with Gasteiger partial charge in [0.25, 0.3) is 0 Å². The van der Waals surface area contributed by atoms with Crippen molar-refractivity contribution in [3.05, 3.63) is 71.5 Å². The maximum absolute atomic E-state index is 13.5. The van der Waals surface area contributed by atoms with Crippen LogP contribution in [0, 0.1) is 11.7 Å². The zero-order valence-corrected chi connectivity index (χ0v) is 16.2. The Hall–Kier alpha value is -2.20. The van der Waals surface area contributed by atoms with Gasteiger partial charge in [-0.1, -0.05) is 55.3 Å². The van der Waals surface area contributed by atoms with Crippen molar-refractivity contribution < 1.29 is 14.3 Å². The minimum atomic E-state index is -0.715. The predicted molar refractivity (Wildman–Crippen MR) is 107 cm³/mol. The Morgan fingerprint density at radius 1 is 1.07 bits per heavy atom. The molecule has 4 heteroatoms. The van der Waals surface area contributed by atoms with Crippen molar-refractivity contribution in [2.75, 3.05) is 6.54 Å². The van der Waals surface area contributed by atoms with Gasteiger partial charge in [-0.3, -0.25) is 4.79 Å². The smallest absolute Gasteiger partial charge is 0.223 e. The lowest BCUT2D eigenvalue weighted by Gasteiger charge is -2.52. The average molecular weight is 381 g/mol. The lowest BCUT2D eigenvalue weighted by molar-refractivity contribution is -0.155. The largest absolute Gasteiger partial charge is 0.389 e. The highest BCUT2D eigenvalue weighted by Gasteiger charge is 2.49. The highest BCUT2D eigenvalue weighted by molar-refractivity contribution is 5.77. The number of benzene rings is 2. The third-order valence-electron chi connectivity index (χ3n) is 6.57. The Labute approximate surface area is 166 Å². The number of piperidine rings is 1. The quantitative estimate of drug-likeness (QED) is 0.837. The first-order chi connectivity index (χ1) is 13.6. The van der Waals surface area contributed by atoms with Crippen molar-refractivity contribution in [1.29, 1.82) is 0 Å². The van der Waals surface area contributed by atoms with Crippen molar-refractivity contribution in [3.8, 4) is 0 Å². The number of fused-ring (bicyclic) bond motifs is 1. The first-order valence-electron chi connectivity index (χ1n) is 10.4. The van der Waals surface area contributed by atoms with Gasteiger partial charge < -0.3 is 10.0 Å². The number of nitrogens with zero attached hydrogens (tertiary/aromatic N) is 1. The molecule has 1 N–H and O–H groups in total. The number of carbonyl (C=O) groups is 1. The fourth-order valence-electron chi connectivity index (χ4n) is 5.07. The summed E-state index contributed by atoms with van der Waals surface area (Å²) in [6, 6.07) is 16.3. The molecule has 0 bridgehead atoms. The number of aliphatic hydroxyl groups is 1. The molecule has 0 spiro atoms. The van der Waals surface area contributed by atoms with Crippen LogP contribution in [0.4, 0.5) is 4.39 Å². The second-order valence-corrected chi connectivity index (χ2v) is 8.27. The van der Waals surface area contributed by atoms with Crippen molar-refractivity contribution in [2.45, 2.75) is 56.6 Å². The Balaban J connectivity index is 1.58. The van der Waals surface area contributed by atoms with E-state index in [9.17, 15) is 14.3 Å². The van der Waals surface area contributed by atoms with Crippen molar-refractivity contribution >= 4 is 5.91 Å². The molecule has 0 aromatic heterocycles. The molecule has 0 radical (unpaired) electrons. The van der Waals surface area contributed by atoms with E-state index in [4.69, 9.17) is 0 Å². The summed E-state index contributed by atoms with van der Waals surface area (Å²) in [5.74, 6) is -0.146. The molecule has 1 saturated heterocycles. The van der Waals surface area contributed by atoms with Gasteiger partial charge in [-0.2, -0.15) is 0 Å². The number of hydrogen-bond acceptors (Lipinski definition) is 2. The number of halogens is 1. The van der Waals surface area contributed by atoms with E-state index in [2.05, 4.69) is 0 Å². The van der Waals surface area contributed by atoms with Crippen LogP contribution in [0.2, 0.25) is 0 Å². The molecule has 2 aromatic carbocycles. The molecule has 4 rings (SSSR count). The Bertz CT molecular complexity index is 807. The summed E-state index contributed by atoms with van der Waals surface area (Å²) in [6.45, 7) is 0.558. The standard InChI is InChI=1S/C24H28FNO2/c25-20-12-10-19(11-13-20)23-21-8-4-5-15-24(21,28)16-17-26(23)22(27)14-9-18-6-2-1-3-7-18/h1-3,6-7,10-13,21,23,28H,4-5,8-9,14-17H2/t21-,23+,24+/m1/s1. The molecule has 28 heavy (non-hydrogen) atoms. The summed E-state index contributed by atoms with van der Waals surface area (Å²) < 4.78 is 13.5. The van der Waals surface area contributed by atoms with Gasteiger partial charge in [-0.25, -0.2) is 4.39 Å². The van der Waals surface area contributed by atoms with Crippen LogP contribution in [0.5, 0.6) is 0 Å². The Kier molecular flexibility index (Phi) is 5.49. The number of likely N-dealkylation sites (tertiary alicyclic amines) is 1. The summed E-state index contributed by atoms with van der Waals surface area (Å²) >= 11 is 0. The summed E-state index contributed by atoms with van der Waals surface area (Å²) in [6.07, 6.45) is 5.59. The van der Waals surface area contributed by atoms with E-state index in [1.807, 2.05) is 35.2 Å². The molecule has 3 atom stereocenters. The average Bonchev–Trinajstić information content (AvgIpc) is 2.72. The molecule has 1 amide bonds. The van der Waals surface area contributed by atoms with E-state index in [0.717, 1.165) is 36.8 Å². The van der Waals surface area contributed by atoms with Crippen LogP contribution in [0.3, 0.4) is 0 Å². The highest BCUT2D eigenvalue weighted by atomic mass is 19.1. The lowest BCUT2D eigenvalue weighted by Crippen LogP contribution is -2.56. The summed E-state index contributed by atoms with van der Waals surface area (Å²) in [7, 11) is 0. The maximum Gasteiger partial charge on any atom is 0.223 e. The molecule has 148 valence electrons. The number of aryl methyl sites for hydroxylation is 1. The predicted octanol–water partition coefficient (Wildman–Crippen LogP) is 4.65. The fraction of sp³-hybridized carbons (Fsp3) is 0.458. The molecule has 1 heterocycles. The zero-order valence-electron chi connectivity index (χ0n) is 16.2. The van der Waals surface area contributed by atoms with Crippen LogP contribution in [-0.4, -0.2) is 28.1 Å². The van der Waals surface area contributed by atoms with E-state index >= 15 is 0 Å². The van der Waals surface area contributed by atoms with E-state index in [1.165, 1.54) is 12.1 Å². The van der Waals surface area contributed by atoms with E-state index < -0.39 is 5.60 Å². The number of carbonyl (C=O) groups excluding carboxylic acids is 1. The molecular formula is C24H28FNO2. The van der Waals surface area contributed by atoms with E-state index in [0.29, 0.717) is 25.8 Å². The molecule has 2 aliphatic rings. The third kappa shape index (κ3) is 3.83. The van der Waals surface area contributed by atoms with Gasteiger partial charge in [0.2, 0.25) is 5.91 Å². The van der Waals surface area contributed by atoms with Crippen molar-refractivity contribution in [3.63, 3.8) is 0 Å². The second-order valence-electron chi connectivity index (χ2n) is 8.27. The number of amides is 1. The minimum absolute atomic E-state index is 0.0149. The molecule has 1 saturated carbocycles. The van der Waals surface area contributed by atoms with E-state index in [-0.39, 0.29) is 23.7 Å². The molecular weight excluding hydrogens is 353 g/mol. The van der Waals surface area contributed by atoms with E-state index in [1.54, 1.807) is 12.1 Å². The first-order valence-corrected chi connectivity index (χ1v) is 10.4. The Morgan fingerprint density at radius 2 is 1.82 bits per heavy atom. The number of hydrogen-bond donors (Lipinski definition) is 1. The minimum Gasteiger partial charge on any atom is -0.389 e. The molecule has 0 unspecified atom stereocenters. The number of rotatable bonds is 4. The van der Waals surface area contributed by atoms with Crippen LogP contribution in [0.15, 0.2) is 54.6 Å². The van der Waals surface area contributed by atoms with Gasteiger partial charge in [0.05, 0.1) is 11.6 Å². The van der Waals surface area contributed by atoms with Crippen LogP contribution < -0.4 is 0 Å². The normalized spacial score (nSPS) is 27.3. The maximum atomic E-state index is 13.5. The van der Waals surface area contributed by atoms with Crippen LogP contribution >= 0.6 is 0 Å². The zero-order chi connectivity index (χ0) is 19.6. The molecule has 1 aliphatic carbocycles. The topological polar surface area (TPSA) is 40.5 Å². The lowest BCUT2D eigenvalue weighted by atomic mass is 9.66. The van der Waals surface area contributed by atoms with Crippen LogP contribution in [-0.2, 0) is 11.2 Å². The summed E-state index contributed by atoms with van der Waals surface area (Å²) in [4.78, 5) is 15.1. The fourth-order valence-corrected chi connectivity index (χ4v) is 5.07. The van der Waals surface area contributed by atoms with Gasteiger partial charge in [0.1, 0.15) is 5.82 Å². The van der Waals surface area contributed by atoms with Gasteiger partial charge in [0, 0.05) is 18.9 Å². The van der Waals surface area contributed by atoms with Crippen LogP contribution in [0.1, 0.15) is 55.7 Å².